The van der Waals surface area contributed by atoms with Crippen LogP contribution in [0.15, 0.2) is 76.2 Å². The number of furan rings is 1. The summed E-state index contributed by atoms with van der Waals surface area (Å²) < 4.78 is 32.3. The number of hydrogen-bond acceptors (Lipinski definition) is 4. The fourth-order valence-corrected chi connectivity index (χ4v) is 3.85. The first-order valence-corrected chi connectivity index (χ1v) is 10.9. The van der Waals surface area contributed by atoms with Crippen LogP contribution in [0, 0.1) is 0 Å². The van der Waals surface area contributed by atoms with E-state index in [1.54, 1.807) is 12.1 Å². The minimum atomic E-state index is -3.69. The van der Waals surface area contributed by atoms with Crippen LogP contribution < -0.4 is 10.0 Å². The third-order valence-electron chi connectivity index (χ3n) is 4.68. The molecule has 0 spiro atoms. The van der Waals surface area contributed by atoms with Gasteiger partial charge in [-0.25, -0.2) is 13.1 Å². The summed E-state index contributed by atoms with van der Waals surface area (Å²) in [7, 11) is -3.69. The Kier molecular flexibility index (Phi) is 6.51. The van der Waals surface area contributed by atoms with E-state index in [1.807, 2.05) is 31.2 Å². The summed E-state index contributed by atoms with van der Waals surface area (Å²) in [6, 6.07) is 17.2. The van der Waals surface area contributed by atoms with Gasteiger partial charge in [0.1, 0.15) is 5.76 Å². The lowest BCUT2D eigenvalue weighted by molar-refractivity contribution is 0.0940. The Morgan fingerprint density at radius 3 is 2.31 bits per heavy atom. The van der Waals surface area contributed by atoms with E-state index in [4.69, 9.17) is 4.42 Å². The minimum Gasteiger partial charge on any atom is -0.468 e. The predicted octanol–water partition coefficient (Wildman–Crippen LogP) is 3.81. The van der Waals surface area contributed by atoms with Gasteiger partial charge in [-0.3, -0.25) is 4.79 Å². The average molecular weight is 413 g/mol. The van der Waals surface area contributed by atoms with Crippen molar-refractivity contribution in [3.05, 3.63) is 89.4 Å². The van der Waals surface area contributed by atoms with E-state index in [-0.39, 0.29) is 23.4 Å². The van der Waals surface area contributed by atoms with Crippen molar-refractivity contribution in [2.75, 3.05) is 0 Å². The Morgan fingerprint density at radius 1 is 1.03 bits per heavy atom. The highest BCUT2D eigenvalue weighted by Gasteiger charge is 2.16. The summed E-state index contributed by atoms with van der Waals surface area (Å²) in [4.78, 5) is 12.6. The van der Waals surface area contributed by atoms with E-state index in [2.05, 4.69) is 17.0 Å². The standard InChI is InChI=1S/C22H24N2O4S/c1-3-17-6-8-18(9-7-17)16(2)24-22(25)19-10-12-21(13-11-19)29(26,27)23-15-20-5-4-14-28-20/h4-14,16,23H,3,15H2,1-2H3,(H,24,25). The van der Waals surface area contributed by atoms with E-state index in [9.17, 15) is 13.2 Å². The van der Waals surface area contributed by atoms with Crippen molar-refractivity contribution in [2.24, 2.45) is 0 Å². The van der Waals surface area contributed by atoms with Gasteiger partial charge >= 0.3 is 0 Å². The number of nitrogens with one attached hydrogen (secondary N) is 2. The molecule has 0 aliphatic carbocycles. The number of rotatable bonds is 8. The molecule has 29 heavy (non-hydrogen) atoms. The Hall–Kier alpha value is -2.90. The molecule has 0 aliphatic heterocycles. The van der Waals surface area contributed by atoms with Crippen molar-refractivity contribution in [3.63, 3.8) is 0 Å². The van der Waals surface area contributed by atoms with E-state index in [0.717, 1.165) is 12.0 Å². The molecule has 7 heteroatoms. The fourth-order valence-electron chi connectivity index (χ4n) is 2.85. The zero-order valence-electron chi connectivity index (χ0n) is 16.4. The van der Waals surface area contributed by atoms with Gasteiger partial charge in [0.15, 0.2) is 0 Å². The Labute approximate surface area is 171 Å². The summed E-state index contributed by atoms with van der Waals surface area (Å²) in [6.45, 7) is 4.07. The Bertz CT molecular complexity index is 1040. The molecule has 0 aliphatic rings. The molecule has 0 saturated carbocycles. The summed E-state index contributed by atoms with van der Waals surface area (Å²) >= 11 is 0. The highest BCUT2D eigenvalue weighted by atomic mass is 32.2. The molecule has 2 aromatic carbocycles. The van der Waals surface area contributed by atoms with Crippen molar-refractivity contribution in [1.82, 2.24) is 10.0 Å². The molecule has 1 amide bonds. The molecule has 6 nitrogen and oxygen atoms in total. The van der Waals surface area contributed by atoms with Crippen molar-refractivity contribution in [1.29, 1.82) is 0 Å². The van der Waals surface area contributed by atoms with Crippen molar-refractivity contribution in [3.8, 4) is 0 Å². The van der Waals surface area contributed by atoms with Crippen LogP contribution in [-0.2, 0) is 23.0 Å². The van der Waals surface area contributed by atoms with Crippen LogP contribution in [0.2, 0.25) is 0 Å². The molecule has 2 N–H and O–H groups in total. The molecular weight excluding hydrogens is 388 g/mol. The van der Waals surface area contributed by atoms with Gasteiger partial charge in [0.2, 0.25) is 10.0 Å². The smallest absolute Gasteiger partial charge is 0.251 e. The second-order valence-corrected chi connectivity index (χ2v) is 8.49. The summed E-state index contributed by atoms with van der Waals surface area (Å²) in [6.07, 6.45) is 2.45. The van der Waals surface area contributed by atoms with Gasteiger partial charge in [-0.05, 0) is 60.9 Å². The summed E-state index contributed by atoms with van der Waals surface area (Å²) in [5.74, 6) is 0.259. The number of amides is 1. The maximum absolute atomic E-state index is 12.5. The first-order valence-electron chi connectivity index (χ1n) is 9.41. The number of hydrogen-bond donors (Lipinski definition) is 2. The molecule has 0 saturated heterocycles. The summed E-state index contributed by atoms with van der Waals surface area (Å²) in [5, 5.41) is 2.94. The molecule has 1 heterocycles. The third-order valence-corrected chi connectivity index (χ3v) is 6.10. The van der Waals surface area contributed by atoms with E-state index in [1.165, 1.54) is 36.1 Å². The van der Waals surface area contributed by atoms with Crippen LogP contribution >= 0.6 is 0 Å². The highest BCUT2D eigenvalue weighted by Crippen LogP contribution is 2.16. The van der Waals surface area contributed by atoms with Crippen LogP contribution in [0.5, 0.6) is 0 Å². The quantitative estimate of drug-likeness (QED) is 0.589. The average Bonchev–Trinajstić information content (AvgIpc) is 3.26. The number of benzene rings is 2. The van der Waals surface area contributed by atoms with E-state index < -0.39 is 10.0 Å². The van der Waals surface area contributed by atoms with Crippen molar-refractivity contribution >= 4 is 15.9 Å². The third kappa shape index (κ3) is 5.34. The molecule has 1 unspecified atom stereocenters. The van der Waals surface area contributed by atoms with E-state index >= 15 is 0 Å². The topological polar surface area (TPSA) is 88.4 Å². The van der Waals surface area contributed by atoms with Gasteiger partial charge in [0.25, 0.3) is 5.91 Å². The normalized spacial score (nSPS) is 12.5. The molecular formula is C22H24N2O4S. The van der Waals surface area contributed by atoms with Crippen LogP contribution in [0.3, 0.4) is 0 Å². The Balaban J connectivity index is 1.63. The van der Waals surface area contributed by atoms with Gasteiger partial charge in [-0.2, -0.15) is 0 Å². The Morgan fingerprint density at radius 2 is 1.72 bits per heavy atom. The molecule has 0 radical (unpaired) electrons. The zero-order chi connectivity index (χ0) is 20.9. The number of carbonyl (C=O) groups excluding carboxylic acids is 1. The fraction of sp³-hybridized carbons (Fsp3) is 0.227. The first kappa shape index (κ1) is 20.8. The molecule has 3 aromatic rings. The van der Waals surface area contributed by atoms with Gasteiger partial charge < -0.3 is 9.73 Å². The number of sulfonamides is 1. The second kappa shape index (κ2) is 9.07. The molecule has 1 aromatic heterocycles. The lowest BCUT2D eigenvalue weighted by Gasteiger charge is -2.15. The van der Waals surface area contributed by atoms with Gasteiger partial charge in [-0.15, -0.1) is 0 Å². The molecule has 3 rings (SSSR count). The second-order valence-electron chi connectivity index (χ2n) is 6.72. The predicted molar refractivity (Wildman–Crippen MR) is 111 cm³/mol. The number of aryl methyl sites for hydroxylation is 1. The van der Waals surface area contributed by atoms with Crippen LogP contribution in [0.1, 0.15) is 47.1 Å². The molecule has 1 atom stereocenters. The van der Waals surface area contributed by atoms with Crippen LogP contribution in [-0.4, -0.2) is 14.3 Å². The molecule has 0 bridgehead atoms. The SMILES string of the molecule is CCc1ccc(C(C)NC(=O)c2ccc(S(=O)(=O)NCc3ccco3)cc2)cc1. The first-order chi connectivity index (χ1) is 13.9. The lowest BCUT2D eigenvalue weighted by Crippen LogP contribution is -2.27. The van der Waals surface area contributed by atoms with Gasteiger partial charge in [0.05, 0.1) is 23.7 Å². The monoisotopic (exact) mass is 412 g/mol. The van der Waals surface area contributed by atoms with Crippen LogP contribution in [0.4, 0.5) is 0 Å². The zero-order valence-corrected chi connectivity index (χ0v) is 17.2. The van der Waals surface area contributed by atoms with Gasteiger partial charge in [-0.1, -0.05) is 31.2 Å². The van der Waals surface area contributed by atoms with Crippen molar-refractivity contribution in [2.45, 2.75) is 37.8 Å². The highest BCUT2D eigenvalue weighted by molar-refractivity contribution is 7.89. The molecule has 152 valence electrons. The van der Waals surface area contributed by atoms with E-state index in [0.29, 0.717) is 11.3 Å². The van der Waals surface area contributed by atoms with Gasteiger partial charge in [0, 0.05) is 5.56 Å². The lowest BCUT2D eigenvalue weighted by atomic mass is 10.0. The largest absolute Gasteiger partial charge is 0.468 e. The summed E-state index contributed by atoms with van der Waals surface area (Å²) in [5.41, 5.74) is 2.65. The molecule has 0 fully saturated rings. The minimum absolute atomic E-state index is 0.0614. The number of carbonyl (C=O) groups is 1. The maximum Gasteiger partial charge on any atom is 0.251 e. The maximum atomic E-state index is 12.5. The van der Waals surface area contributed by atoms with Crippen LogP contribution in [0.25, 0.3) is 0 Å². The van der Waals surface area contributed by atoms with Crippen molar-refractivity contribution < 1.29 is 17.6 Å².